The fraction of sp³-hybridized carbons (Fsp3) is 0.143. The molecule has 1 aromatic carbocycles. The Bertz CT molecular complexity index is 798. The summed E-state index contributed by atoms with van der Waals surface area (Å²) in [6, 6.07) is 8.09. The van der Waals surface area contributed by atoms with E-state index in [9.17, 15) is 0 Å². The highest BCUT2D eigenvalue weighted by Gasteiger charge is 2.13. The van der Waals surface area contributed by atoms with Crippen LogP contribution in [-0.4, -0.2) is 14.5 Å². The average Bonchev–Trinajstić information content (AvgIpc) is 2.79. The summed E-state index contributed by atoms with van der Waals surface area (Å²) >= 11 is 13.0. The van der Waals surface area contributed by atoms with Crippen molar-refractivity contribution in [3.05, 3.63) is 50.8 Å². The molecule has 0 spiro atoms. The third-order valence-corrected chi connectivity index (χ3v) is 4.59. The zero-order valence-electron chi connectivity index (χ0n) is 10.6. The molecule has 0 saturated heterocycles. The third kappa shape index (κ3) is 2.38. The Morgan fingerprint density at radius 3 is 2.75 bits per heavy atom. The molecule has 3 nitrogen and oxygen atoms in total. The zero-order valence-corrected chi connectivity index (χ0v) is 14.5. The molecule has 2 aromatic heterocycles. The number of hydrogen-bond donors (Lipinski definition) is 0. The van der Waals surface area contributed by atoms with Crippen molar-refractivity contribution in [3.63, 3.8) is 0 Å². The molecule has 0 unspecified atom stereocenters. The van der Waals surface area contributed by atoms with Gasteiger partial charge in [0.1, 0.15) is 11.3 Å². The minimum Gasteiger partial charge on any atom is -0.280 e. The number of aryl methyl sites for hydroxylation is 1. The first-order valence-electron chi connectivity index (χ1n) is 5.95. The van der Waals surface area contributed by atoms with Gasteiger partial charge in [0.05, 0.1) is 11.6 Å². The summed E-state index contributed by atoms with van der Waals surface area (Å²) in [5, 5.41) is 0. The van der Waals surface area contributed by atoms with Crippen molar-refractivity contribution >= 4 is 54.6 Å². The summed E-state index contributed by atoms with van der Waals surface area (Å²) in [6.07, 6.45) is 1.77. The smallest absolute Gasteiger partial charge is 0.164 e. The first-order chi connectivity index (χ1) is 9.60. The number of pyridine rings is 1. The van der Waals surface area contributed by atoms with Gasteiger partial charge in [-0.1, -0.05) is 22.0 Å². The molecule has 3 rings (SSSR count). The van der Waals surface area contributed by atoms with E-state index in [2.05, 4.69) is 60.9 Å². The summed E-state index contributed by atoms with van der Waals surface area (Å²) in [5.74, 6) is 1.11. The molecule has 0 N–H and O–H groups in total. The van der Waals surface area contributed by atoms with E-state index in [0.717, 1.165) is 31.6 Å². The lowest BCUT2D eigenvalue weighted by molar-refractivity contribution is 0.967. The fourth-order valence-corrected chi connectivity index (χ4v) is 2.93. The van der Waals surface area contributed by atoms with Gasteiger partial charge in [-0.25, -0.2) is 9.97 Å². The van der Waals surface area contributed by atoms with Gasteiger partial charge in [-0.3, -0.25) is 4.57 Å². The number of imidazole rings is 1. The number of nitrogens with zero attached hydrogens (tertiary/aromatic N) is 3. The van der Waals surface area contributed by atoms with Crippen LogP contribution in [0.4, 0.5) is 0 Å². The van der Waals surface area contributed by atoms with Gasteiger partial charge in [-0.15, -0.1) is 11.6 Å². The van der Waals surface area contributed by atoms with Crippen LogP contribution in [0.2, 0.25) is 0 Å². The summed E-state index contributed by atoms with van der Waals surface area (Å²) in [6.45, 7) is 2.05. The molecule has 0 atom stereocenters. The van der Waals surface area contributed by atoms with Crippen LogP contribution in [0.3, 0.4) is 0 Å². The minimum absolute atomic E-state index is 0.333. The molecule has 20 heavy (non-hydrogen) atoms. The van der Waals surface area contributed by atoms with Crippen molar-refractivity contribution in [2.75, 3.05) is 0 Å². The predicted molar refractivity (Wildman–Crippen MR) is 88.6 cm³/mol. The SMILES string of the molecule is Cc1ccc(-n2c(CCl)nc3cc(Br)cnc32)cc1Br. The van der Waals surface area contributed by atoms with E-state index >= 15 is 0 Å². The molecule has 0 fully saturated rings. The highest BCUT2D eigenvalue weighted by Crippen LogP contribution is 2.26. The van der Waals surface area contributed by atoms with Gasteiger partial charge in [0.25, 0.3) is 0 Å². The van der Waals surface area contributed by atoms with Crippen molar-refractivity contribution in [1.82, 2.24) is 14.5 Å². The lowest BCUT2D eigenvalue weighted by Crippen LogP contribution is -2.00. The van der Waals surface area contributed by atoms with Crippen molar-refractivity contribution in [2.45, 2.75) is 12.8 Å². The maximum atomic E-state index is 6.03. The Labute approximate surface area is 138 Å². The van der Waals surface area contributed by atoms with Crippen LogP contribution in [0.5, 0.6) is 0 Å². The van der Waals surface area contributed by atoms with Crippen LogP contribution in [0, 0.1) is 6.92 Å². The second-order valence-electron chi connectivity index (χ2n) is 4.43. The number of aromatic nitrogens is 3. The molecule has 3 aromatic rings. The van der Waals surface area contributed by atoms with Gasteiger partial charge in [0.2, 0.25) is 0 Å². The second-order valence-corrected chi connectivity index (χ2v) is 6.46. The van der Waals surface area contributed by atoms with E-state index in [0.29, 0.717) is 5.88 Å². The maximum absolute atomic E-state index is 6.03. The van der Waals surface area contributed by atoms with Crippen LogP contribution in [0.1, 0.15) is 11.4 Å². The summed E-state index contributed by atoms with van der Waals surface area (Å²) in [7, 11) is 0. The average molecular weight is 416 g/mol. The molecule has 0 aliphatic rings. The van der Waals surface area contributed by atoms with Gasteiger partial charge in [0.15, 0.2) is 5.65 Å². The van der Waals surface area contributed by atoms with Crippen molar-refractivity contribution in [2.24, 2.45) is 0 Å². The van der Waals surface area contributed by atoms with Crippen LogP contribution >= 0.6 is 43.5 Å². The summed E-state index contributed by atoms with van der Waals surface area (Å²) < 4.78 is 3.94. The van der Waals surface area contributed by atoms with E-state index < -0.39 is 0 Å². The summed E-state index contributed by atoms with van der Waals surface area (Å²) in [4.78, 5) is 9.00. The van der Waals surface area contributed by atoms with Crippen molar-refractivity contribution < 1.29 is 0 Å². The number of hydrogen-bond acceptors (Lipinski definition) is 2. The number of rotatable bonds is 2. The van der Waals surface area contributed by atoms with Gasteiger partial charge in [0, 0.05) is 15.1 Å². The Kier molecular flexibility index (Phi) is 3.84. The molecule has 0 amide bonds. The quantitative estimate of drug-likeness (QED) is 0.552. The molecule has 0 aliphatic carbocycles. The molecule has 2 heterocycles. The van der Waals surface area contributed by atoms with Crippen LogP contribution < -0.4 is 0 Å². The lowest BCUT2D eigenvalue weighted by Gasteiger charge is -2.09. The fourth-order valence-electron chi connectivity index (χ4n) is 2.07. The Hall–Kier alpha value is -0.910. The first kappa shape index (κ1) is 14.0. The van der Waals surface area contributed by atoms with E-state index in [4.69, 9.17) is 11.6 Å². The standard InChI is InChI=1S/C14H10Br2ClN3/c1-8-2-3-10(5-11(8)16)20-13(6-17)19-12-4-9(15)7-18-14(12)20/h2-5,7H,6H2,1H3. The monoisotopic (exact) mass is 413 g/mol. The van der Waals surface area contributed by atoms with E-state index in [-0.39, 0.29) is 0 Å². The molecule has 0 saturated carbocycles. The Morgan fingerprint density at radius 2 is 2.05 bits per heavy atom. The number of alkyl halides is 1. The van der Waals surface area contributed by atoms with Crippen LogP contribution in [0.25, 0.3) is 16.9 Å². The highest BCUT2D eigenvalue weighted by molar-refractivity contribution is 9.10. The predicted octanol–water partition coefficient (Wildman–Crippen LogP) is 4.99. The first-order valence-corrected chi connectivity index (χ1v) is 8.07. The number of halogens is 3. The lowest BCUT2D eigenvalue weighted by atomic mass is 10.2. The largest absolute Gasteiger partial charge is 0.280 e. The molecular formula is C14H10Br2ClN3. The molecule has 0 bridgehead atoms. The maximum Gasteiger partial charge on any atom is 0.164 e. The molecular weight excluding hydrogens is 405 g/mol. The van der Waals surface area contributed by atoms with Gasteiger partial charge in [-0.05, 0) is 46.6 Å². The van der Waals surface area contributed by atoms with Crippen LogP contribution in [-0.2, 0) is 5.88 Å². The van der Waals surface area contributed by atoms with Crippen LogP contribution in [0.15, 0.2) is 39.4 Å². The van der Waals surface area contributed by atoms with E-state index in [1.807, 2.05) is 16.7 Å². The highest BCUT2D eigenvalue weighted by atomic mass is 79.9. The number of benzene rings is 1. The molecule has 6 heteroatoms. The van der Waals surface area contributed by atoms with Crippen molar-refractivity contribution in [1.29, 1.82) is 0 Å². The Morgan fingerprint density at radius 1 is 1.25 bits per heavy atom. The summed E-state index contributed by atoms with van der Waals surface area (Å²) in [5.41, 5.74) is 3.81. The molecule has 0 aliphatic heterocycles. The minimum atomic E-state index is 0.333. The molecule has 0 radical (unpaired) electrons. The second kappa shape index (κ2) is 5.47. The third-order valence-electron chi connectivity index (χ3n) is 3.07. The topological polar surface area (TPSA) is 30.7 Å². The van der Waals surface area contributed by atoms with E-state index in [1.54, 1.807) is 6.20 Å². The zero-order chi connectivity index (χ0) is 14.3. The Balaban J connectivity index is 2.30. The van der Waals surface area contributed by atoms with E-state index in [1.165, 1.54) is 5.56 Å². The van der Waals surface area contributed by atoms with Gasteiger partial charge < -0.3 is 0 Å². The molecule has 102 valence electrons. The van der Waals surface area contributed by atoms with Gasteiger partial charge >= 0.3 is 0 Å². The van der Waals surface area contributed by atoms with Gasteiger partial charge in [-0.2, -0.15) is 0 Å². The normalized spacial score (nSPS) is 11.2. The van der Waals surface area contributed by atoms with Crippen molar-refractivity contribution in [3.8, 4) is 5.69 Å². The number of fused-ring (bicyclic) bond motifs is 1.